The molecule has 1 fully saturated rings. The lowest BCUT2D eigenvalue weighted by Crippen LogP contribution is -2.43. The van der Waals surface area contributed by atoms with Gasteiger partial charge in [0.1, 0.15) is 0 Å². The van der Waals surface area contributed by atoms with Crippen LogP contribution in [0.1, 0.15) is 43.0 Å². The SMILES string of the molecule is CC[C@H]1CCCCN1S(=O)(=O)c1ccc(C(=O)Nc2nnc(-c3ccccc3Cl)o2)cc1. The molecule has 0 saturated carbocycles. The van der Waals surface area contributed by atoms with Gasteiger partial charge in [-0.1, -0.05) is 42.2 Å². The molecule has 0 radical (unpaired) electrons. The van der Waals surface area contributed by atoms with Crippen molar-refractivity contribution < 1.29 is 17.6 Å². The minimum atomic E-state index is -3.61. The van der Waals surface area contributed by atoms with Crippen molar-refractivity contribution in [3.63, 3.8) is 0 Å². The minimum absolute atomic E-state index is 0.0153. The van der Waals surface area contributed by atoms with Gasteiger partial charge in [0.2, 0.25) is 10.0 Å². The fourth-order valence-corrected chi connectivity index (χ4v) is 5.78. The number of hydrogen-bond donors (Lipinski definition) is 1. The molecule has 8 nitrogen and oxygen atoms in total. The number of hydrogen-bond acceptors (Lipinski definition) is 6. The molecule has 1 amide bonds. The number of aromatic nitrogens is 2. The van der Waals surface area contributed by atoms with Gasteiger partial charge < -0.3 is 4.42 Å². The molecule has 168 valence electrons. The van der Waals surface area contributed by atoms with Crippen LogP contribution < -0.4 is 5.32 Å². The topological polar surface area (TPSA) is 105 Å². The second-order valence-corrected chi connectivity index (χ2v) is 9.84. The summed E-state index contributed by atoms with van der Waals surface area (Å²) in [6.07, 6.45) is 3.55. The van der Waals surface area contributed by atoms with Gasteiger partial charge in [-0.2, -0.15) is 4.31 Å². The fraction of sp³-hybridized carbons (Fsp3) is 0.318. The molecule has 2 heterocycles. The highest BCUT2D eigenvalue weighted by molar-refractivity contribution is 7.89. The van der Waals surface area contributed by atoms with Gasteiger partial charge >= 0.3 is 6.01 Å². The van der Waals surface area contributed by atoms with Gasteiger partial charge in [-0.15, -0.1) is 5.10 Å². The van der Waals surface area contributed by atoms with Crippen LogP contribution in [0.3, 0.4) is 0 Å². The Bertz CT molecular complexity index is 1210. The number of benzene rings is 2. The van der Waals surface area contributed by atoms with Gasteiger partial charge in [0.15, 0.2) is 0 Å². The lowest BCUT2D eigenvalue weighted by molar-refractivity contribution is 0.102. The third kappa shape index (κ3) is 4.55. The lowest BCUT2D eigenvalue weighted by Gasteiger charge is -2.34. The highest BCUT2D eigenvalue weighted by Gasteiger charge is 2.32. The highest BCUT2D eigenvalue weighted by Crippen LogP contribution is 2.28. The van der Waals surface area contributed by atoms with E-state index in [1.807, 2.05) is 6.92 Å². The van der Waals surface area contributed by atoms with Crippen LogP contribution in [0.4, 0.5) is 6.01 Å². The predicted molar refractivity (Wildman–Crippen MR) is 121 cm³/mol. The van der Waals surface area contributed by atoms with Crippen molar-refractivity contribution in [2.45, 2.75) is 43.5 Å². The van der Waals surface area contributed by atoms with Crippen molar-refractivity contribution in [2.75, 3.05) is 11.9 Å². The van der Waals surface area contributed by atoms with Crippen molar-refractivity contribution in [3.8, 4) is 11.5 Å². The lowest BCUT2D eigenvalue weighted by atomic mass is 10.0. The summed E-state index contributed by atoms with van der Waals surface area (Å²) in [6.45, 7) is 2.52. The van der Waals surface area contributed by atoms with Crippen LogP contribution in [0.15, 0.2) is 57.8 Å². The molecule has 10 heteroatoms. The van der Waals surface area contributed by atoms with Gasteiger partial charge in [0, 0.05) is 18.2 Å². The van der Waals surface area contributed by atoms with E-state index in [4.69, 9.17) is 16.0 Å². The average Bonchev–Trinajstić information content (AvgIpc) is 3.27. The Kier molecular flexibility index (Phi) is 6.59. The Hall–Kier alpha value is -2.75. The Balaban J connectivity index is 1.47. The van der Waals surface area contributed by atoms with Crippen LogP contribution in [0.2, 0.25) is 5.02 Å². The van der Waals surface area contributed by atoms with Crippen LogP contribution in [0.5, 0.6) is 0 Å². The first kappa shape index (κ1) is 22.4. The Morgan fingerprint density at radius 2 is 1.91 bits per heavy atom. The molecular weight excluding hydrogens is 452 g/mol. The standard InChI is InChI=1S/C22H23ClN4O4S/c1-2-16-7-5-6-14-27(16)32(29,30)17-12-10-15(11-13-17)20(28)24-22-26-25-21(31-22)18-8-3-4-9-19(18)23/h3-4,8-13,16H,2,5-7,14H2,1H3,(H,24,26,28)/t16-/m0/s1. The van der Waals surface area contributed by atoms with E-state index in [0.29, 0.717) is 17.1 Å². The molecular formula is C22H23ClN4O4S. The maximum atomic E-state index is 13.1. The smallest absolute Gasteiger partial charge is 0.322 e. The zero-order chi connectivity index (χ0) is 22.7. The van der Waals surface area contributed by atoms with Crippen molar-refractivity contribution in [2.24, 2.45) is 0 Å². The summed E-state index contributed by atoms with van der Waals surface area (Å²) >= 11 is 6.13. The maximum Gasteiger partial charge on any atom is 0.322 e. The number of carbonyl (C=O) groups is 1. The van der Waals surface area contributed by atoms with E-state index in [0.717, 1.165) is 25.7 Å². The van der Waals surface area contributed by atoms with Gasteiger partial charge in [-0.05, 0) is 55.7 Å². The Morgan fingerprint density at radius 1 is 1.16 bits per heavy atom. The van der Waals surface area contributed by atoms with Crippen molar-refractivity contribution in [1.82, 2.24) is 14.5 Å². The van der Waals surface area contributed by atoms with Crippen LogP contribution in [-0.2, 0) is 10.0 Å². The number of anilines is 1. The van der Waals surface area contributed by atoms with Gasteiger partial charge in [-0.25, -0.2) is 8.42 Å². The maximum absolute atomic E-state index is 13.1. The molecule has 0 bridgehead atoms. The minimum Gasteiger partial charge on any atom is -0.403 e. The van der Waals surface area contributed by atoms with Crippen molar-refractivity contribution in [1.29, 1.82) is 0 Å². The molecule has 1 aromatic heterocycles. The zero-order valence-corrected chi connectivity index (χ0v) is 19.1. The van der Waals surface area contributed by atoms with Crippen molar-refractivity contribution >= 4 is 33.5 Å². The first-order valence-corrected chi connectivity index (χ1v) is 12.2. The number of halogens is 1. The number of amides is 1. The number of piperidine rings is 1. The molecule has 1 N–H and O–H groups in total. The Morgan fingerprint density at radius 3 is 2.62 bits per heavy atom. The molecule has 1 saturated heterocycles. The summed E-state index contributed by atoms with van der Waals surface area (Å²) in [6, 6.07) is 12.8. The molecule has 0 unspecified atom stereocenters. The van der Waals surface area contributed by atoms with E-state index in [2.05, 4.69) is 15.5 Å². The summed E-state index contributed by atoms with van der Waals surface area (Å²) in [5.41, 5.74) is 0.826. The highest BCUT2D eigenvalue weighted by atomic mass is 35.5. The summed E-state index contributed by atoms with van der Waals surface area (Å²) < 4.78 is 33.2. The second-order valence-electron chi connectivity index (χ2n) is 7.54. The summed E-state index contributed by atoms with van der Waals surface area (Å²) in [5.74, 6) is -0.313. The molecule has 32 heavy (non-hydrogen) atoms. The van der Waals surface area contributed by atoms with Crippen LogP contribution in [0, 0.1) is 0 Å². The summed E-state index contributed by atoms with van der Waals surface area (Å²) in [7, 11) is -3.61. The van der Waals surface area contributed by atoms with Gasteiger partial charge in [0.05, 0.1) is 15.5 Å². The van der Waals surface area contributed by atoms with E-state index in [9.17, 15) is 13.2 Å². The summed E-state index contributed by atoms with van der Waals surface area (Å²) in [5, 5.41) is 10.7. The average molecular weight is 475 g/mol. The molecule has 1 aliphatic heterocycles. The number of nitrogens with zero attached hydrogens (tertiary/aromatic N) is 3. The molecule has 0 aliphatic carbocycles. The van der Waals surface area contributed by atoms with Crippen LogP contribution in [0.25, 0.3) is 11.5 Å². The normalized spacial score (nSPS) is 17.2. The quantitative estimate of drug-likeness (QED) is 0.559. The number of sulfonamides is 1. The van der Waals surface area contributed by atoms with E-state index < -0.39 is 15.9 Å². The van der Waals surface area contributed by atoms with E-state index >= 15 is 0 Å². The van der Waals surface area contributed by atoms with Gasteiger partial charge in [0.25, 0.3) is 11.8 Å². The predicted octanol–water partition coefficient (Wildman–Crippen LogP) is 4.60. The molecule has 3 aromatic rings. The molecule has 4 rings (SSSR count). The monoisotopic (exact) mass is 474 g/mol. The molecule has 2 aromatic carbocycles. The van der Waals surface area contributed by atoms with E-state index in [-0.39, 0.29) is 28.4 Å². The van der Waals surface area contributed by atoms with Crippen LogP contribution >= 0.6 is 11.6 Å². The fourth-order valence-electron chi connectivity index (χ4n) is 3.80. The number of rotatable bonds is 6. The zero-order valence-electron chi connectivity index (χ0n) is 17.5. The number of carbonyl (C=O) groups excluding carboxylic acids is 1. The van der Waals surface area contributed by atoms with Crippen LogP contribution in [-0.4, -0.2) is 41.4 Å². The van der Waals surface area contributed by atoms with Gasteiger partial charge in [-0.3, -0.25) is 10.1 Å². The molecule has 0 spiro atoms. The molecule has 1 atom stereocenters. The number of nitrogens with one attached hydrogen (secondary N) is 1. The first-order valence-electron chi connectivity index (χ1n) is 10.4. The van der Waals surface area contributed by atoms with E-state index in [1.165, 1.54) is 24.3 Å². The summed E-state index contributed by atoms with van der Waals surface area (Å²) in [4.78, 5) is 12.7. The van der Waals surface area contributed by atoms with Crippen molar-refractivity contribution in [3.05, 3.63) is 59.1 Å². The van der Waals surface area contributed by atoms with E-state index in [1.54, 1.807) is 28.6 Å². The Labute approximate surface area is 191 Å². The largest absolute Gasteiger partial charge is 0.403 e. The molecule has 1 aliphatic rings. The second kappa shape index (κ2) is 9.40. The third-order valence-electron chi connectivity index (χ3n) is 5.52. The first-order chi connectivity index (χ1) is 15.4. The third-order valence-corrected chi connectivity index (χ3v) is 7.81.